The molecule has 1 aromatic rings. The number of halogens is 3. The molecule has 1 N–H and O–H groups in total. The van der Waals surface area contributed by atoms with Gasteiger partial charge in [0.05, 0.1) is 23.6 Å². The summed E-state index contributed by atoms with van der Waals surface area (Å²) in [7, 11) is 0. The highest BCUT2D eigenvalue weighted by molar-refractivity contribution is 5.68. The van der Waals surface area contributed by atoms with Crippen LogP contribution in [0.25, 0.3) is 0 Å². The van der Waals surface area contributed by atoms with Crippen LogP contribution in [-0.4, -0.2) is 23.7 Å². The Morgan fingerprint density at radius 3 is 2.52 bits per heavy atom. The molecule has 0 saturated carbocycles. The fourth-order valence-electron chi connectivity index (χ4n) is 2.16. The number of nitriles is 1. The number of benzene rings is 1. The lowest BCUT2D eigenvalue weighted by Crippen LogP contribution is -2.34. The molecular formula is C14H15F3N2O2. The zero-order valence-corrected chi connectivity index (χ0v) is 11.6. The molecule has 0 aliphatic heterocycles. The topological polar surface area (TPSA) is 64.3 Å². The van der Waals surface area contributed by atoms with Crippen LogP contribution in [-0.2, 0) is 11.0 Å². The monoisotopic (exact) mass is 300 g/mol. The van der Waals surface area contributed by atoms with Gasteiger partial charge in [0, 0.05) is 18.3 Å². The maximum atomic E-state index is 12.7. The quantitative estimate of drug-likeness (QED) is 0.906. The fourth-order valence-corrected chi connectivity index (χ4v) is 2.16. The van der Waals surface area contributed by atoms with E-state index < -0.39 is 29.3 Å². The van der Waals surface area contributed by atoms with E-state index in [1.807, 2.05) is 0 Å². The average molecular weight is 300 g/mol. The van der Waals surface area contributed by atoms with E-state index in [1.165, 1.54) is 12.1 Å². The first-order valence-corrected chi connectivity index (χ1v) is 6.30. The van der Waals surface area contributed by atoms with Gasteiger partial charge in [0.2, 0.25) is 0 Å². The minimum absolute atomic E-state index is 0.142. The first-order chi connectivity index (χ1) is 9.70. The Morgan fingerprint density at radius 2 is 2.10 bits per heavy atom. The molecule has 4 nitrogen and oxygen atoms in total. The summed E-state index contributed by atoms with van der Waals surface area (Å²) in [6.45, 7) is 3.86. The molecule has 114 valence electrons. The maximum absolute atomic E-state index is 12.7. The van der Waals surface area contributed by atoms with Crippen molar-refractivity contribution >= 4 is 11.7 Å². The van der Waals surface area contributed by atoms with Gasteiger partial charge in [-0.2, -0.15) is 18.4 Å². The van der Waals surface area contributed by atoms with Crippen molar-refractivity contribution in [1.82, 2.24) is 0 Å². The summed E-state index contributed by atoms with van der Waals surface area (Å²) in [5, 5.41) is 17.7. The van der Waals surface area contributed by atoms with Crippen LogP contribution in [0.2, 0.25) is 0 Å². The number of carboxylic acid groups (broad SMARTS) is 1. The van der Waals surface area contributed by atoms with Gasteiger partial charge in [-0.15, -0.1) is 0 Å². The van der Waals surface area contributed by atoms with Gasteiger partial charge in [0.25, 0.3) is 0 Å². The van der Waals surface area contributed by atoms with Crippen LogP contribution >= 0.6 is 0 Å². The Bertz CT molecular complexity index is 564. The van der Waals surface area contributed by atoms with E-state index in [4.69, 9.17) is 10.4 Å². The molecule has 0 amide bonds. The second-order valence-corrected chi connectivity index (χ2v) is 4.57. The number of alkyl halides is 3. The van der Waals surface area contributed by atoms with Crippen LogP contribution in [0.1, 0.15) is 31.4 Å². The van der Waals surface area contributed by atoms with Crippen LogP contribution in [0.5, 0.6) is 0 Å². The maximum Gasteiger partial charge on any atom is 0.417 e. The molecule has 0 aliphatic rings. The van der Waals surface area contributed by atoms with Crippen LogP contribution < -0.4 is 4.90 Å². The van der Waals surface area contributed by atoms with Crippen LogP contribution in [0.15, 0.2) is 18.2 Å². The van der Waals surface area contributed by atoms with Crippen molar-refractivity contribution < 1.29 is 23.1 Å². The lowest BCUT2D eigenvalue weighted by molar-refractivity contribution is -0.138. The summed E-state index contributed by atoms with van der Waals surface area (Å²) in [6, 6.07) is 4.40. The van der Waals surface area contributed by atoms with Gasteiger partial charge in [-0.25, -0.2) is 0 Å². The third-order valence-electron chi connectivity index (χ3n) is 3.10. The highest BCUT2D eigenvalue weighted by atomic mass is 19.4. The van der Waals surface area contributed by atoms with Crippen molar-refractivity contribution in [2.45, 2.75) is 32.5 Å². The number of anilines is 1. The average Bonchev–Trinajstić information content (AvgIpc) is 2.37. The molecule has 1 rings (SSSR count). The van der Waals surface area contributed by atoms with E-state index in [0.29, 0.717) is 12.2 Å². The summed E-state index contributed by atoms with van der Waals surface area (Å²) < 4.78 is 38.2. The number of hydrogen-bond acceptors (Lipinski definition) is 3. The zero-order chi connectivity index (χ0) is 16.2. The van der Waals surface area contributed by atoms with E-state index in [0.717, 1.165) is 12.1 Å². The fraction of sp³-hybridized carbons (Fsp3) is 0.429. The molecule has 0 aromatic heterocycles. The van der Waals surface area contributed by atoms with Gasteiger partial charge in [-0.3, -0.25) is 4.79 Å². The first kappa shape index (κ1) is 16.8. The van der Waals surface area contributed by atoms with Gasteiger partial charge < -0.3 is 10.0 Å². The van der Waals surface area contributed by atoms with Gasteiger partial charge in [-0.05, 0) is 32.0 Å². The molecule has 0 fully saturated rings. The largest absolute Gasteiger partial charge is 0.481 e. The standard InChI is InChI=1S/C14H15F3N2O2/c1-3-19(9(2)6-13(20)21)11-4-5-12(14(15,16)17)10(7-11)8-18/h4-5,7,9H,3,6H2,1-2H3,(H,20,21). The summed E-state index contributed by atoms with van der Waals surface area (Å²) in [5.41, 5.74) is -1.06. The Labute approximate surface area is 120 Å². The summed E-state index contributed by atoms with van der Waals surface area (Å²) in [5.74, 6) is -0.992. The van der Waals surface area contributed by atoms with Gasteiger partial charge in [-0.1, -0.05) is 0 Å². The lowest BCUT2D eigenvalue weighted by Gasteiger charge is -2.29. The Balaban J connectivity index is 3.19. The van der Waals surface area contributed by atoms with Crippen molar-refractivity contribution in [1.29, 1.82) is 5.26 Å². The Morgan fingerprint density at radius 1 is 1.48 bits per heavy atom. The summed E-state index contributed by atoms with van der Waals surface area (Å²) in [4.78, 5) is 12.4. The number of hydrogen-bond donors (Lipinski definition) is 1. The van der Waals surface area contributed by atoms with Crippen molar-refractivity contribution in [3.05, 3.63) is 29.3 Å². The van der Waals surface area contributed by atoms with E-state index in [-0.39, 0.29) is 6.42 Å². The lowest BCUT2D eigenvalue weighted by atomic mass is 10.1. The number of nitrogens with zero attached hydrogens (tertiary/aromatic N) is 2. The molecule has 0 spiro atoms. The molecule has 0 bridgehead atoms. The molecule has 21 heavy (non-hydrogen) atoms. The smallest absolute Gasteiger partial charge is 0.417 e. The van der Waals surface area contributed by atoms with E-state index in [9.17, 15) is 18.0 Å². The van der Waals surface area contributed by atoms with Crippen LogP contribution in [0.4, 0.5) is 18.9 Å². The molecule has 0 radical (unpaired) electrons. The molecule has 1 unspecified atom stereocenters. The molecule has 0 aliphatic carbocycles. The molecule has 0 heterocycles. The van der Waals surface area contributed by atoms with Crippen LogP contribution in [0, 0.1) is 11.3 Å². The van der Waals surface area contributed by atoms with Gasteiger partial charge >= 0.3 is 12.1 Å². The van der Waals surface area contributed by atoms with E-state index >= 15 is 0 Å². The third-order valence-corrected chi connectivity index (χ3v) is 3.10. The minimum Gasteiger partial charge on any atom is -0.481 e. The van der Waals surface area contributed by atoms with Crippen molar-refractivity contribution in [2.75, 3.05) is 11.4 Å². The Hall–Kier alpha value is -2.23. The molecule has 1 aromatic carbocycles. The molecule has 7 heteroatoms. The van der Waals surface area contributed by atoms with E-state index in [1.54, 1.807) is 18.7 Å². The number of rotatable bonds is 5. The molecule has 1 atom stereocenters. The summed E-state index contributed by atoms with van der Waals surface area (Å²) in [6.07, 6.45) is -4.73. The van der Waals surface area contributed by atoms with Crippen molar-refractivity contribution in [2.24, 2.45) is 0 Å². The second kappa shape index (κ2) is 6.48. The van der Waals surface area contributed by atoms with Gasteiger partial charge in [0.15, 0.2) is 0 Å². The molecule has 0 saturated heterocycles. The third kappa shape index (κ3) is 4.12. The number of carbonyl (C=O) groups is 1. The predicted octanol–water partition coefficient (Wildman–Crippen LogP) is 3.27. The SMILES string of the molecule is CCN(c1ccc(C(F)(F)F)c(C#N)c1)C(C)CC(=O)O. The second-order valence-electron chi connectivity index (χ2n) is 4.57. The van der Waals surface area contributed by atoms with E-state index in [2.05, 4.69) is 0 Å². The summed E-state index contributed by atoms with van der Waals surface area (Å²) >= 11 is 0. The predicted molar refractivity (Wildman–Crippen MR) is 70.9 cm³/mol. The number of aliphatic carboxylic acids is 1. The van der Waals surface area contributed by atoms with Crippen molar-refractivity contribution in [3.63, 3.8) is 0 Å². The Kier molecular flexibility index (Phi) is 5.19. The minimum atomic E-state index is -4.59. The normalized spacial score (nSPS) is 12.6. The number of carboxylic acids is 1. The highest BCUT2D eigenvalue weighted by Gasteiger charge is 2.34. The first-order valence-electron chi connectivity index (χ1n) is 6.30. The zero-order valence-electron chi connectivity index (χ0n) is 11.6. The van der Waals surface area contributed by atoms with Crippen LogP contribution in [0.3, 0.4) is 0 Å². The highest BCUT2D eigenvalue weighted by Crippen LogP contribution is 2.34. The van der Waals surface area contributed by atoms with Gasteiger partial charge in [0.1, 0.15) is 0 Å². The molecular weight excluding hydrogens is 285 g/mol. The van der Waals surface area contributed by atoms with Crippen molar-refractivity contribution in [3.8, 4) is 6.07 Å².